The summed E-state index contributed by atoms with van der Waals surface area (Å²) in [6, 6.07) is 1.70. The Morgan fingerprint density at radius 1 is 1.47 bits per heavy atom. The van der Waals surface area contributed by atoms with E-state index < -0.39 is 0 Å². The summed E-state index contributed by atoms with van der Waals surface area (Å²) in [5, 5.41) is 4.03. The number of nitrogens with two attached hydrogens (primary N) is 1. The van der Waals surface area contributed by atoms with E-state index in [1.165, 1.54) is 5.57 Å². The third-order valence-corrected chi connectivity index (χ3v) is 3.48. The molecule has 0 saturated carbocycles. The zero-order chi connectivity index (χ0) is 14.0. The predicted octanol–water partition coefficient (Wildman–Crippen LogP) is 1.67. The summed E-state index contributed by atoms with van der Waals surface area (Å²) in [7, 11) is 0. The minimum Gasteiger partial charge on any atom is -0.382 e. The molecule has 1 aliphatic heterocycles. The summed E-state index contributed by atoms with van der Waals surface area (Å²) in [6.07, 6.45) is 4.86. The van der Waals surface area contributed by atoms with Crippen molar-refractivity contribution in [2.24, 2.45) is 5.41 Å². The lowest BCUT2D eigenvalue weighted by atomic mass is 9.83. The Balaban J connectivity index is 1.94. The number of carbonyl (C=O) groups excluding carboxylic acids is 1. The molecule has 0 aromatic carbocycles. The van der Waals surface area contributed by atoms with E-state index in [9.17, 15) is 4.79 Å². The van der Waals surface area contributed by atoms with Crippen molar-refractivity contribution in [3.8, 4) is 0 Å². The smallest absolute Gasteiger partial charge is 0.244 e. The first-order valence-electron chi connectivity index (χ1n) is 6.62. The van der Waals surface area contributed by atoms with Gasteiger partial charge in [-0.2, -0.15) is 5.10 Å². The lowest BCUT2D eigenvalue weighted by Crippen LogP contribution is -2.38. The van der Waals surface area contributed by atoms with Gasteiger partial charge in [-0.25, -0.2) is 0 Å². The molecule has 0 aliphatic carbocycles. The zero-order valence-corrected chi connectivity index (χ0v) is 11.9. The number of hydrogen-bond acceptors (Lipinski definition) is 3. The fourth-order valence-electron chi connectivity index (χ4n) is 2.28. The maximum atomic E-state index is 12.1. The Kier molecular flexibility index (Phi) is 3.64. The predicted molar refractivity (Wildman–Crippen MR) is 75.4 cm³/mol. The van der Waals surface area contributed by atoms with Gasteiger partial charge in [-0.15, -0.1) is 0 Å². The van der Waals surface area contributed by atoms with Crippen LogP contribution in [0, 0.1) is 5.41 Å². The molecule has 2 N–H and O–H groups in total. The molecule has 2 rings (SSSR count). The monoisotopic (exact) mass is 262 g/mol. The molecule has 0 saturated heterocycles. The molecule has 0 spiro atoms. The normalized spacial score (nSPS) is 16.4. The van der Waals surface area contributed by atoms with Crippen LogP contribution in [0.2, 0.25) is 0 Å². The number of nitrogen functional groups attached to an aromatic ring is 1. The summed E-state index contributed by atoms with van der Waals surface area (Å²) >= 11 is 0. The molecule has 5 nitrogen and oxygen atoms in total. The molecule has 1 aliphatic rings. The van der Waals surface area contributed by atoms with E-state index in [1.54, 1.807) is 16.9 Å². The average molecular weight is 262 g/mol. The van der Waals surface area contributed by atoms with Crippen molar-refractivity contribution in [2.45, 2.75) is 33.7 Å². The molecule has 104 valence electrons. The Labute approximate surface area is 114 Å². The highest BCUT2D eigenvalue weighted by Gasteiger charge is 2.23. The van der Waals surface area contributed by atoms with Gasteiger partial charge in [0.15, 0.2) is 0 Å². The molecule has 5 heteroatoms. The van der Waals surface area contributed by atoms with Gasteiger partial charge >= 0.3 is 0 Å². The highest BCUT2D eigenvalue weighted by atomic mass is 16.2. The van der Waals surface area contributed by atoms with E-state index in [-0.39, 0.29) is 17.9 Å². The molecule has 0 fully saturated rings. The summed E-state index contributed by atoms with van der Waals surface area (Å²) < 4.78 is 1.58. The number of nitrogens with zero attached hydrogens (tertiary/aromatic N) is 3. The lowest BCUT2D eigenvalue weighted by Gasteiger charge is -2.32. The number of carbonyl (C=O) groups is 1. The van der Waals surface area contributed by atoms with Crippen molar-refractivity contribution in [2.75, 3.05) is 18.8 Å². The van der Waals surface area contributed by atoms with E-state index in [0.29, 0.717) is 12.4 Å². The summed E-state index contributed by atoms with van der Waals surface area (Å²) in [6.45, 7) is 8.38. The van der Waals surface area contributed by atoms with E-state index in [0.717, 1.165) is 13.0 Å². The Bertz CT molecular complexity index is 496. The largest absolute Gasteiger partial charge is 0.382 e. The number of anilines is 1. The number of amides is 1. The van der Waals surface area contributed by atoms with Crippen molar-refractivity contribution in [3.63, 3.8) is 0 Å². The van der Waals surface area contributed by atoms with Gasteiger partial charge in [-0.05, 0) is 17.9 Å². The number of aromatic nitrogens is 2. The van der Waals surface area contributed by atoms with Crippen LogP contribution in [0.25, 0.3) is 0 Å². The molecule has 1 amide bonds. The first-order valence-corrected chi connectivity index (χ1v) is 6.62. The van der Waals surface area contributed by atoms with Crippen LogP contribution in [-0.4, -0.2) is 33.7 Å². The SMILES string of the molecule is CC(C)(C)C1=CCN(C(=O)Cn2ccc(N)n2)CC1. The minimum absolute atomic E-state index is 0.0901. The summed E-state index contributed by atoms with van der Waals surface area (Å²) in [4.78, 5) is 14.0. The van der Waals surface area contributed by atoms with Gasteiger partial charge in [0.25, 0.3) is 0 Å². The Hall–Kier alpha value is -1.78. The third-order valence-electron chi connectivity index (χ3n) is 3.48. The van der Waals surface area contributed by atoms with Gasteiger partial charge in [-0.1, -0.05) is 32.4 Å². The van der Waals surface area contributed by atoms with Crippen molar-refractivity contribution in [1.82, 2.24) is 14.7 Å². The molecule has 0 bridgehead atoms. The van der Waals surface area contributed by atoms with Gasteiger partial charge in [-0.3, -0.25) is 9.48 Å². The fraction of sp³-hybridized carbons (Fsp3) is 0.571. The number of rotatable bonds is 2. The quantitative estimate of drug-likeness (QED) is 0.825. The Morgan fingerprint density at radius 2 is 2.21 bits per heavy atom. The zero-order valence-electron chi connectivity index (χ0n) is 11.9. The van der Waals surface area contributed by atoms with Gasteiger partial charge in [0.2, 0.25) is 5.91 Å². The van der Waals surface area contributed by atoms with E-state index >= 15 is 0 Å². The Morgan fingerprint density at radius 3 is 2.68 bits per heavy atom. The van der Waals surface area contributed by atoms with Crippen molar-refractivity contribution in [1.29, 1.82) is 0 Å². The average Bonchev–Trinajstić information content (AvgIpc) is 2.74. The molecular formula is C14H22N4O. The van der Waals surface area contributed by atoms with Gasteiger partial charge in [0, 0.05) is 19.3 Å². The molecule has 0 radical (unpaired) electrons. The maximum absolute atomic E-state index is 12.1. The van der Waals surface area contributed by atoms with Gasteiger partial charge in [0.05, 0.1) is 0 Å². The van der Waals surface area contributed by atoms with Crippen LogP contribution >= 0.6 is 0 Å². The molecule has 2 heterocycles. The first-order chi connectivity index (χ1) is 8.86. The molecular weight excluding hydrogens is 240 g/mol. The topological polar surface area (TPSA) is 64.2 Å². The van der Waals surface area contributed by atoms with E-state index in [2.05, 4.69) is 31.9 Å². The van der Waals surface area contributed by atoms with Crippen LogP contribution in [0.4, 0.5) is 5.82 Å². The van der Waals surface area contributed by atoms with Crippen LogP contribution in [0.15, 0.2) is 23.9 Å². The molecule has 19 heavy (non-hydrogen) atoms. The van der Waals surface area contributed by atoms with Crippen LogP contribution in [-0.2, 0) is 11.3 Å². The number of hydrogen-bond donors (Lipinski definition) is 1. The fourth-order valence-corrected chi connectivity index (χ4v) is 2.28. The van der Waals surface area contributed by atoms with Crippen molar-refractivity contribution in [3.05, 3.63) is 23.9 Å². The van der Waals surface area contributed by atoms with Crippen LogP contribution in [0.3, 0.4) is 0 Å². The lowest BCUT2D eigenvalue weighted by molar-refractivity contribution is -0.131. The molecule has 0 atom stereocenters. The summed E-state index contributed by atoms with van der Waals surface area (Å²) in [5.74, 6) is 0.536. The molecule has 1 aromatic heterocycles. The maximum Gasteiger partial charge on any atom is 0.244 e. The van der Waals surface area contributed by atoms with Crippen LogP contribution < -0.4 is 5.73 Å². The summed E-state index contributed by atoms with van der Waals surface area (Å²) in [5.41, 5.74) is 7.16. The molecule has 0 unspecified atom stereocenters. The van der Waals surface area contributed by atoms with E-state index in [4.69, 9.17) is 5.73 Å². The first kappa shape index (κ1) is 13.6. The second-order valence-electron chi connectivity index (χ2n) is 6.01. The van der Waals surface area contributed by atoms with Crippen LogP contribution in [0.1, 0.15) is 27.2 Å². The van der Waals surface area contributed by atoms with E-state index in [1.807, 2.05) is 4.90 Å². The minimum atomic E-state index is 0.0901. The standard InChI is InChI=1S/C14H22N4O/c1-14(2,3)11-4-7-17(8-5-11)13(19)10-18-9-6-12(15)16-18/h4,6,9H,5,7-8,10H2,1-3H3,(H2,15,16). The van der Waals surface area contributed by atoms with Gasteiger partial charge < -0.3 is 10.6 Å². The highest BCUT2D eigenvalue weighted by Crippen LogP contribution is 2.30. The second kappa shape index (κ2) is 5.07. The molecule has 1 aromatic rings. The highest BCUT2D eigenvalue weighted by molar-refractivity contribution is 5.76. The second-order valence-corrected chi connectivity index (χ2v) is 6.01. The van der Waals surface area contributed by atoms with Crippen molar-refractivity contribution >= 4 is 11.7 Å². The van der Waals surface area contributed by atoms with Crippen LogP contribution in [0.5, 0.6) is 0 Å². The van der Waals surface area contributed by atoms with Gasteiger partial charge in [0.1, 0.15) is 12.4 Å². The third kappa shape index (κ3) is 3.36. The van der Waals surface area contributed by atoms with Crippen molar-refractivity contribution < 1.29 is 4.79 Å².